The molecule has 5 nitrogen and oxygen atoms in total. The third-order valence-electron chi connectivity index (χ3n) is 6.11. The zero-order valence-electron chi connectivity index (χ0n) is 17.6. The highest BCUT2D eigenvalue weighted by atomic mass is 35.5. The highest BCUT2D eigenvalue weighted by Gasteiger charge is 2.39. The Balaban J connectivity index is 0.00000210. The third-order valence-corrected chi connectivity index (χ3v) is 6.11. The van der Waals surface area contributed by atoms with Gasteiger partial charge in [-0.1, -0.05) is 37.1 Å². The zero-order valence-corrected chi connectivity index (χ0v) is 19.2. The van der Waals surface area contributed by atoms with Crippen molar-refractivity contribution in [1.29, 1.82) is 0 Å². The van der Waals surface area contributed by atoms with Crippen LogP contribution in [-0.2, 0) is 22.6 Å². The van der Waals surface area contributed by atoms with Crippen molar-refractivity contribution in [2.75, 3.05) is 39.9 Å². The molecule has 1 aromatic rings. The normalized spacial score (nSPS) is 19.3. The fourth-order valence-electron chi connectivity index (χ4n) is 4.40. The summed E-state index contributed by atoms with van der Waals surface area (Å²) in [6.07, 6.45) is 6.97. The maximum absolute atomic E-state index is 13.0. The number of benzene rings is 1. The first-order valence-corrected chi connectivity index (χ1v) is 10.5. The van der Waals surface area contributed by atoms with E-state index in [2.05, 4.69) is 39.8 Å². The molecule has 0 atom stereocenters. The number of halogens is 2. The molecule has 0 aromatic heterocycles. The molecule has 0 spiro atoms. The van der Waals surface area contributed by atoms with Crippen molar-refractivity contribution < 1.29 is 9.53 Å². The lowest BCUT2D eigenvalue weighted by atomic mass is 9.78. The van der Waals surface area contributed by atoms with E-state index < -0.39 is 0 Å². The molecule has 166 valence electrons. The van der Waals surface area contributed by atoms with Gasteiger partial charge >= 0.3 is 0 Å². The number of methoxy groups -OCH3 is 1. The van der Waals surface area contributed by atoms with Gasteiger partial charge in [-0.3, -0.25) is 9.69 Å². The molecule has 0 aliphatic carbocycles. The molecule has 2 fully saturated rings. The number of likely N-dealkylation sites (tertiary alicyclic amines) is 1. The summed E-state index contributed by atoms with van der Waals surface area (Å²) in [7, 11) is 1.69. The number of rotatable bonds is 7. The Morgan fingerprint density at radius 3 is 2.31 bits per heavy atom. The molecule has 2 aliphatic rings. The number of carbonyl (C=O) groups excluding carboxylic acids is 1. The number of nitrogens with zero attached hydrogens (tertiary/aromatic N) is 1. The Morgan fingerprint density at radius 2 is 1.69 bits per heavy atom. The SMILES string of the molecule is COCC1(C(=O)NCc2ccccc2CN2CCCCCC2)CCNCC1.Cl.Cl. The molecule has 2 heterocycles. The highest BCUT2D eigenvalue weighted by Crippen LogP contribution is 2.29. The Kier molecular flexibility index (Phi) is 12.1. The van der Waals surface area contributed by atoms with Gasteiger partial charge in [-0.2, -0.15) is 0 Å². The first-order valence-electron chi connectivity index (χ1n) is 10.5. The fraction of sp³-hybridized carbons (Fsp3) is 0.682. The van der Waals surface area contributed by atoms with Crippen LogP contribution in [0, 0.1) is 5.41 Å². The summed E-state index contributed by atoms with van der Waals surface area (Å²) in [5.41, 5.74) is 2.18. The van der Waals surface area contributed by atoms with E-state index in [-0.39, 0.29) is 36.1 Å². The van der Waals surface area contributed by atoms with Crippen LogP contribution in [0.15, 0.2) is 24.3 Å². The van der Waals surface area contributed by atoms with Gasteiger partial charge in [0.1, 0.15) is 0 Å². The van der Waals surface area contributed by atoms with Crippen molar-refractivity contribution >= 4 is 30.7 Å². The number of ether oxygens (including phenoxy) is 1. The van der Waals surface area contributed by atoms with E-state index in [9.17, 15) is 4.79 Å². The number of nitrogens with one attached hydrogen (secondary N) is 2. The first kappa shape index (κ1) is 26.2. The minimum atomic E-state index is -0.389. The molecule has 2 saturated heterocycles. The Morgan fingerprint density at radius 1 is 1.07 bits per heavy atom. The van der Waals surface area contributed by atoms with Crippen LogP contribution in [0.4, 0.5) is 0 Å². The van der Waals surface area contributed by atoms with Gasteiger partial charge in [0.15, 0.2) is 0 Å². The summed E-state index contributed by atoms with van der Waals surface area (Å²) in [5.74, 6) is 0.135. The van der Waals surface area contributed by atoms with Crippen molar-refractivity contribution in [1.82, 2.24) is 15.5 Å². The molecule has 0 bridgehead atoms. The number of piperidine rings is 1. The van der Waals surface area contributed by atoms with E-state index in [1.165, 1.54) is 49.9 Å². The average Bonchev–Trinajstić information content (AvgIpc) is 2.97. The monoisotopic (exact) mass is 445 g/mol. The van der Waals surface area contributed by atoms with E-state index in [1.54, 1.807) is 7.11 Å². The van der Waals surface area contributed by atoms with Gasteiger partial charge in [-0.05, 0) is 63.0 Å². The third kappa shape index (κ3) is 7.41. The van der Waals surface area contributed by atoms with Gasteiger partial charge in [0, 0.05) is 20.2 Å². The lowest BCUT2D eigenvalue weighted by molar-refractivity contribution is -0.136. The van der Waals surface area contributed by atoms with Gasteiger partial charge in [0.05, 0.1) is 12.0 Å². The molecule has 1 amide bonds. The maximum atomic E-state index is 13.0. The van der Waals surface area contributed by atoms with E-state index in [0.717, 1.165) is 32.5 Å². The van der Waals surface area contributed by atoms with Crippen LogP contribution >= 0.6 is 24.8 Å². The summed E-state index contributed by atoms with van der Waals surface area (Å²) in [4.78, 5) is 15.6. The number of hydrogen-bond donors (Lipinski definition) is 2. The number of carbonyl (C=O) groups is 1. The molecule has 0 unspecified atom stereocenters. The minimum Gasteiger partial charge on any atom is -0.384 e. The van der Waals surface area contributed by atoms with Crippen LogP contribution in [0.1, 0.15) is 49.7 Å². The van der Waals surface area contributed by atoms with Crippen LogP contribution in [0.5, 0.6) is 0 Å². The van der Waals surface area contributed by atoms with Crippen LogP contribution in [0.2, 0.25) is 0 Å². The lowest BCUT2D eigenvalue weighted by Gasteiger charge is -2.35. The topological polar surface area (TPSA) is 53.6 Å². The van der Waals surface area contributed by atoms with Crippen molar-refractivity contribution in [3.63, 3.8) is 0 Å². The molecule has 2 N–H and O–H groups in total. The second-order valence-corrected chi connectivity index (χ2v) is 8.11. The maximum Gasteiger partial charge on any atom is 0.228 e. The Hall–Kier alpha value is -0.850. The quantitative estimate of drug-likeness (QED) is 0.673. The van der Waals surface area contributed by atoms with Gasteiger partial charge in [-0.15, -0.1) is 24.8 Å². The van der Waals surface area contributed by atoms with Gasteiger partial charge < -0.3 is 15.4 Å². The Bertz CT molecular complexity index is 596. The van der Waals surface area contributed by atoms with Crippen LogP contribution in [0.25, 0.3) is 0 Å². The zero-order chi connectivity index (χ0) is 19.0. The largest absolute Gasteiger partial charge is 0.384 e. The molecule has 7 heteroatoms. The van der Waals surface area contributed by atoms with Crippen molar-refractivity contribution in [3.05, 3.63) is 35.4 Å². The van der Waals surface area contributed by atoms with Crippen molar-refractivity contribution in [2.24, 2.45) is 5.41 Å². The average molecular weight is 446 g/mol. The molecular formula is C22H37Cl2N3O2. The van der Waals surface area contributed by atoms with E-state index in [0.29, 0.717) is 13.2 Å². The van der Waals surface area contributed by atoms with Gasteiger partial charge in [0.2, 0.25) is 5.91 Å². The molecule has 1 aromatic carbocycles. The van der Waals surface area contributed by atoms with Gasteiger partial charge in [0.25, 0.3) is 0 Å². The molecular weight excluding hydrogens is 409 g/mol. The molecule has 3 rings (SSSR count). The van der Waals surface area contributed by atoms with Gasteiger partial charge in [-0.25, -0.2) is 0 Å². The van der Waals surface area contributed by atoms with Crippen LogP contribution in [0.3, 0.4) is 0 Å². The molecule has 29 heavy (non-hydrogen) atoms. The van der Waals surface area contributed by atoms with E-state index >= 15 is 0 Å². The number of amides is 1. The van der Waals surface area contributed by atoms with Crippen molar-refractivity contribution in [3.8, 4) is 0 Å². The second kappa shape index (κ2) is 13.5. The van der Waals surface area contributed by atoms with E-state index in [4.69, 9.17) is 4.74 Å². The highest BCUT2D eigenvalue weighted by molar-refractivity contribution is 5.85. The van der Waals surface area contributed by atoms with E-state index in [1.807, 2.05) is 0 Å². The van der Waals surface area contributed by atoms with Crippen LogP contribution < -0.4 is 10.6 Å². The summed E-state index contributed by atoms with van der Waals surface area (Å²) < 4.78 is 5.40. The smallest absolute Gasteiger partial charge is 0.228 e. The van der Waals surface area contributed by atoms with Crippen LogP contribution in [-0.4, -0.2) is 50.7 Å². The minimum absolute atomic E-state index is 0. The summed E-state index contributed by atoms with van der Waals surface area (Å²) in [6.45, 7) is 6.21. The Labute approximate surface area is 188 Å². The standard InChI is InChI=1S/C22H35N3O2.2ClH/c1-27-18-22(10-12-23-13-11-22)21(26)24-16-19-8-4-5-9-20(19)17-25-14-6-2-3-7-15-25;;/h4-5,8-9,23H,2-3,6-7,10-18H2,1H3,(H,24,26);2*1H. The predicted octanol–water partition coefficient (Wildman–Crippen LogP) is 3.54. The summed E-state index contributed by atoms with van der Waals surface area (Å²) in [5, 5.41) is 6.56. The fourth-order valence-corrected chi connectivity index (χ4v) is 4.40. The molecule has 0 saturated carbocycles. The molecule has 2 aliphatic heterocycles. The lowest BCUT2D eigenvalue weighted by Crippen LogP contribution is -2.50. The molecule has 0 radical (unpaired) electrons. The summed E-state index contributed by atoms with van der Waals surface area (Å²) >= 11 is 0. The first-order chi connectivity index (χ1) is 13.2. The van der Waals surface area contributed by atoms with Crippen molar-refractivity contribution in [2.45, 2.75) is 51.6 Å². The second-order valence-electron chi connectivity index (χ2n) is 8.11. The summed E-state index contributed by atoms with van der Waals surface area (Å²) in [6, 6.07) is 8.54. The predicted molar refractivity (Wildman–Crippen MR) is 123 cm³/mol. The number of hydrogen-bond acceptors (Lipinski definition) is 4.